The first-order valence-electron chi connectivity index (χ1n) is 5.14. The molecule has 2 rings (SSSR count). The van der Waals surface area contributed by atoms with E-state index in [2.05, 4.69) is 36.1 Å². The molecule has 0 N–H and O–H groups in total. The number of rotatable bonds is 2. The first-order chi connectivity index (χ1) is 6.79. The number of hydrogen-bond donors (Lipinski definition) is 0. The summed E-state index contributed by atoms with van der Waals surface area (Å²) in [6.45, 7) is 4.26. The van der Waals surface area contributed by atoms with Crippen molar-refractivity contribution in [2.45, 2.75) is 19.4 Å². The number of benzene rings is 1. The Bertz CT molecular complexity index is 294. The molecule has 0 radical (unpaired) electrons. The van der Waals surface area contributed by atoms with Crippen molar-refractivity contribution in [2.24, 2.45) is 0 Å². The smallest absolute Gasteiger partial charge is 0.0762 e. The number of hydrogen-bond acceptors (Lipinski definition) is 2. The predicted octanol–water partition coefficient (Wildman–Crippen LogP) is 2.22. The summed E-state index contributed by atoms with van der Waals surface area (Å²) < 4.78 is 5.34. The number of aryl methyl sites for hydroxylation is 1. The minimum Gasteiger partial charge on any atom is -0.380 e. The number of anilines is 1. The fraction of sp³-hybridized carbons (Fsp3) is 0.500. The van der Waals surface area contributed by atoms with Crippen LogP contribution in [0.5, 0.6) is 0 Å². The third-order valence-corrected chi connectivity index (χ3v) is 2.88. The summed E-state index contributed by atoms with van der Waals surface area (Å²) in [4.78, 5) is 2.38. The lowest BCUT2D eigenvalue weighted by molar-refractivity contribution is 0.121. The van der Waals surface area contributed by atoms with Crippen molar-refractivity contribution in [2.75, 3.05) is 25.1 Å². The normalized spacial score (nSPS) is 21.6. The van der Waals surface area contributed by atoms with Gasteiger partial charge in [0.2, 0.25) is 0 Å². The Balaban J connectivity index is 2.06. The van der Waals surface area contributed by atoms with E-state index in [9.17, 15) is 0 Å². The van der Waals surface area contributed by atoms with E-state index >= 15 is 0 Å². The molecule has 1 aromatic rings. The molecule has 76 valence electrons. The lowest BCUT2D eigenvalue weighted by Gasteiger charge is -2.18. The summed E-state index contributed by atoms with van der Waals surface area (Å²) in [6.07, 6.45) is 1.56. The first kappa shape index (κ1) is 9.53. The van der Waals surface area contributed by atoms with E-state index < -0.39 is 0 Å². The molecular weight excluding hydrogens is 174 g/mol. The monoisotopic (exact) mass is 191 g/mol. The fourth-order valence-corrected chi connectivity index (χ4v) is 1.91. The van der Waals surface area contributed by atoms with Gasteiger partial charge in [-0.25, -0.2) is 0 Å². The summed E-state index contributed by atoms with van der Waals surface area (Å²) in [5, 5.41) is 0. The van der Waals surface area contributed by atoms with Crippen LogP contribution in [0.4, 0.5) is 5.69 Å². The van der Waals surface area contributed by atoms with Gasteiger partial charge in [-0.2, -0.15) is 0 Å². The lowest BCUT2D eigenvalue weighted by Crippen LogP contribution is -2.21. The number of methoxy groups -OCH3 is 1. The fourth-order valence-electron chi connectivity index (χ4n) is 1.91. The zero-order valence-electron chi connectivity index (χ0n) is 8.86. The average Bonchev–Trinajstić information content (AvgIpc) is 2.67. The van der Waals surface area contributed by atoms with Crippen LogP contribution in [0.2, 0.25) is 0 Å². The van der Waals surface area contributed by atoms with Gasteiger partial charge in [0.05, 0.1) is 6.10 Å². The molecule has 0 aliphatic carbocycles. The molecule has 1 aliphatic heterocycles. The van der Waals surface area contributed by atoms with Crippen LogP contribution in [0.15, 0.2) is 24.3 Å². The molecule has 0 aromatic heterocycles. The zero-order chi connectivity index (χ0) is 9.97. The maximum Gasteiger partial charge on any atom is 0.0762 e. The van der Waals surface area contributed by atoms with Crippen LogP contribution in [0.1, 0.15) is 12.0 Å². The van der Waals surface area contributed by atoms with Gasteiger partial charge in [0.1, 0.15) is 0 Å². The van der Waals surface area contributed by atoms with E-state index in [1.54, 1.807) is 7.11 Å². The van der Waals surface area contributed by atoms with Crippen LogP contribution in [-0.4, -0.2) is 26.3 Å². The highest BCUT2D eigenvalue weighted by atomic mass is 16.5. The molecule has 1 fully saturated rings. The first-order valence-corrected chi connectivity index (χ1v) is 5.14. The maximum atomic E-state index is 5.34. The molecule has 1 atom stereocenters. The van der Waals surface area contributed by atoms with Crippen LogP contribution in [0, 0.1) is 6.92 Å². The van der Waals surface area contributed by atoms with Gasteiger partial charge in [0.15, 0.2) is 0 Å². The Morgan fingerprint density at radius 3 is 2.57 bits per heavy atom. The van der Waals surface area contributed by atoms with Crippen molar-refractivity contribution in [1.82, 2.24) is 0 Å². The van der Waals surface area contributed by atoms with Crippen LogP contribution >= 0.6 is 0 Å². The van der Waals surface area contributed by atoms with Gasteiger partial charge in [-0.15, -0.1) is 0 Å². The van der Waals surface area contributed by atoms with Crippen LogP contribution in [0.25, 0.3) is 0 Å². The van der Waals surface area contributed by atoms with Gasteiger partial charge in [-0.05, 0) is 25.5 Å². The van der Waals surface area contributed by atoms with Crippen LogP contribution in [-0.2, 0) is 4.74 Å². The molecule has 0 bridgehead atoms. The molecule has 1 aliphatic rings. The molecule has 2 heteroatoms. The average molecular weight is 191 g/mol. The van der Waals surface area contributed by atoms with Gasteiger partial charge in [-0.1, -0.05) is 17.7 Å². The Hall–Kier alpha value is -1.02. The van der Waals surface area contributed by atoms with Gasteiger partial charge >= 0.3 is 0 Å². The third kappa shape index (κ3) is 1.90. The minimum absolute atomic E-state index is 0.413. The highest BCUT2D eigenvalue weighted by molar-refractivity contribution is 5.48. The molecule has 1 heterocycles. The van der Waals surface area contributed by atoms with E-state index in [-0.39, 0.29) is 0 Å². The second-order valence-corrected chi connectivity index (χ2v) is 3.93. The predicted molar refractivity (Wildman–Crippen MR) is 58.8 cm³/mol. The standard InChI is InChI=1S/C12H17NO/c1-10-3-5-11(6-4-10)13-8-7-12(9-13)14-2/h3-6,12H,7-9H2,1-2H3. The summed E-state index contributed by atoms with van der Waals surface area (Å²) in [7, 11) is 1.79. The van der Waals surface area contributed by atoms with Gasteiger partial charge in [-0.3, -0.25) is 0 Å². The second kappa shape index (κ2) is 4.01. The van der Waals surface area contributed by atoms with Crippen molar-refractivity contribution in [3.63, 3.8) is 0 Å². The summed E-state index contributed by atoms with van der Waals surface area (Å²) in [5.74, 6) is 0. The molecule has 1 unspecified atom stereocenters. The quantitative estimate of drug-likeness (QED) is 0.710. The van der Waals surface area contributed by atoms with Crippen molar-refractivity contribution in [1.29, 1.82) is 0 Å². The molecular formula is C12H17NO. The van der Waals surface area contributed by atoms with Gasteiger partial charge in [0.25, 0.3) is 0 Å². The molecule has 1 saturated heterocycles. The lowest BCUT2D eigenvalue weighted by atomic mass is 10.2. The zero-order valence-corrected chi connectivity index (χ0v) is 8.86. The van der Waals surface area contributed by atoms with Crippen molar-refractivity contribution in [3.8, 4) is 0 Å². The van der Waals surface area contributed by atoms with E-state index in [4.69, 9.17) is 4.74 Å². The number of nitrogens with zero attached hydrogens (tertiary/aromatic N) is 1. The molecule has 0 amide bonds. The summed E-state index contributed by atoms with van der Waals surface area (Å²) in [6, 6.07) is 8.70. The number of ether oxygens (including phenoxy) is 1. The van der Waals surface area contributed by atoms with E-state index in [0.29, 0.717) is 6.10 Å². The highest BCUT2D eigenvalue weighted by Gasteiger charge is 2.21. The SMILES string of the molecule is COC1CCN(c2ccc(C)cc2)C1. The van der Waals surface area contributed by atoms with E-state index in [0.717, 1.165) is 19.5 Å². The van der Waals surface area contributed by atoms with Crippen LogP contribution in [0.3, 0.4) is 0 Å². The summed E-state index contributed by atoms with van der Waals surface area (Å²) in [5.41, 5.74) is 2.63. The van der Waals surface area contributed by atoms with Crippen molar-refractivity contribution < 1.29 is 4.74 Å². The highest BCUT2D eigenvalue weighted by Crippen LogP contribution is 2.21. The molecule has 1 aromatic carbocycles. The largest absolute Gasteiger partial charge is 0.380 e. The summed E-state index contributed by atoms with van der Waals surface area (Å²) >= 11 is 0. The van der Waals surface area contributed by atoms with Crippen molar-refractivity contribution in [3.05, 3.63) is 29.8 Å². The Morgan fingerprint density at radius 1 is 1.29 bits per heavy atom. The Labute approximate surface area is 85.5 Å². The van der Waals surface area contributed by atoms with Gasteiger partial charge < -0.3 is 9.64 Å². The molecule has 0 saturated carbocycles. The van der Waals surface area contributed by atoms with E-state index in [1.165, 1.54) is 11.3 Å². The van der Waals surface area contributed by atoms with E-state index in [1.807, 2.05) is 0 Å². The molecule has 2 nitrogen and oxygen atoms in total. The van der Waals surface area contributed by atoms with Crippen LogP contribution < -0.4 is 4.90 Å². The van der Waals surface area contributed by atoms with Crippen molar-refractivity contribution >= 4 is 5.69 Å². The maximum absolute atomic E-state index is 5.34. The minimum atomic E-state index is 0.413. The molecule has 0 spiro atoms. The Morgan fingerprint density at radius 2 is 2.00 bits per heavy atom. The molecule has 14 heavy (non-hydrogen) atoms. The Kier molecular flexibility index (Phi) is 2.73. The third-order valence-electron chi connectivity index (χ3n) is 2.88. The second-order valence-electron chi connectivity index (χ2n) is 3.93. The van der Waals surface area contributed by atoms with Gasteiger partial charge in [0, 0.05) is 25.9 Å². The topological polar surface area (TPSA) is 12.5 Å².